The summed E-state index contributed by atoms with van der Waals surface area (Å²) in [4.78, 5) is 18.7. The van der Waals surface area contributed by atoms with E-state index in [1.54, 1.807) is 18.1 Å². The highest BCUT2D eigenvalue weighted by Crippen LogP contribution is 2.47. The van der Waals surface area contributed by atoms with Crippen LogP contribution in [0, 0.1) is 17.6 Å². The number of rotatable bonds is 5. The lowest BCUT2D eigenvalue weighted by Crippen LogP contribution is -2.22. The molecule has 0 saturated heterocycles. The van der Waals surface area contributed by atoms with E-state index in [9.17, 15) is 17.6 Å². The van der Waals surface area contributed by atoms with Crippen LogP contribution in [0.15, 0.2) is 41.5 Å². The first-order chi connectivity index (χ1) is 16.9. The minimum Gasteiger partial charge on any atom is -0.319 e. The fourth-order valence-corrected chi connectivity index (χ4v) is 6.08. The molecule has 1 aromatic carbocycles. The zero-order chi connectivity index (χ0) is 25.9. The first-order valence-electron chi connectivity index (χ1n) is 11.8. The van der Waals surface area contributed by atoms with Crippen LogP contribution in [0.4, 0.5) is 20.3 Å². The van der Waals surface area contributed by atoms with Crippen molar-refractivity contribution < 1.29 is 17.2 Å². The van der Waals surface area contributed by atoms with E-state index >= 15 is 4.39 Å². The Morgan fingerprint density at radius 2 is 1.86 bits per heavy atom. The van der Waals surface area contributed by atoms with E-state index in [0.717, 1.165) is 34.5 Å². The van der Waals surface area contributed by atoms with Crippen LogP contribution in [0.25, 0.3) is 16.7 Å². The average Bonchev–Trinajstić information content (AvgIpc) is 3.14. The Labute approximate surface area is 208 Å². The van der Waals surface area contributed by atoms with Gasteiger partial charge in [0.2, 0.25) is 0 Å². The van der Waals surface area contributed by atoms with Gasteiger partial charge < -0.3 is 9.47 Å². The van der Waals surface area contributed by atoms with Gasteiger partial charge in [0.25, 0.3) is 5.56 Å². The molecule has 6 nitrogen and oxygen atoms in total. The van der Waals surface area contributed by atoms with Gasteiger partial charge in [-0.15, -0.1) is 0 Å². The Bertz CT molecular complexity index is 1610. The van der Waals surface area contributed by atoms with E-state index in [2.05, 4.69) is 4.98 Å². The summed E-state index contributed by atoms with van der Waals surface area (Å²) in [6.45, 7) is 4.33. The van der Waals surface area contributed by atoms with Crippen LogP contribution in [-0.4, -0.2) is 30.8 Å². The van der Waals surface area contributed by atoms with Crippen LogP contribution in [-0.2, 0) is 35.5 Å². The van der Waals surface area contributed by atoms with Crippen molar-refractivity contribution in [1.82, 2.24) is 9.55 Å². The molecule has 0 radical (unpaired) electrons. The summed E-state index contributed by atoms with van der Waals surface area (Å²) in [6.07, 6.45) is 6.97. The molecular weight excluding hydrogens is 484 g/mol. The number of anilines is 2. The van der Waals surface area contributed by atoms with Gasteiger partial charge in [-0.2, -0.15) is 0 Å². The van der Waals surface area contributed by atoms with Gasteiger partial charge in [0.1, 0.15) is 5.82 Å². The molecule has 2 aliphatic rings. The predicted octanol–water partition coefficient (Wildman–Crippen LogP) is 4.56. The van der Waals surface area contributed by atoms with E-state index in [4.69, 9.17) is 0 Å². The molecule has 2 aromatic heterocycles. The summed E-state index contributed by atoms with van der Waals surface area (Å²) in [5.41, 5.74) is 5.82. The second-order valence-electron chi connectivity index (χ2n) is 10.1. The van der Waals surface area contributed by atoms with Crippen molar-refractivity contribution in [2.75, 3.05) is 17.7 Å². The number of halogens is 2. The van der Waals surface area contributed by atoms with E-state index < -0.39 is 21.5 Å². The topological polar surface area (TPSA) is 72.3 Å². The van der Waals surface area contributed by atoms with Gasteiger partial charge in [0.15, 0.2) is 21.5 Å². The van der Waals surface area contributed by atoms with Gasteiger partial charge in [-0.05, 0) is 53.2 Å². The summed E-state index contributed by atoms with van der Waals surface area (Å²) in [5, 5.41) is 0. The highest BCUT2D eigenvalue weighted by atomic mass is 32.2. The number of hydrogen-bond acceptors (Lipinski definition) is 5. The number of aryl methyl sites for hydroxylation is 1. The lowest BCUT2D eigenvalue weighted by molar-refractivity contribution is 0.573. The minimum absolute atomic E-state index is 0.0297. The van der Waals surface area contributed by atoms with Crippen molar-refractivity contribution in [3.05, 3.63) is 80.9 Å². The van der Waals surface area contributed by atoms with Crippen molar-refractivity contribution in [2.24, 2.45) is 13.0 Å². The highest BCUT2D eigenvalue weighted by molar-refractivity contribution is 7.89. The first-order valence-corrected chi connectivity index (χ1v) is 13.8. The normalized spacial score (nSPS) is 14.5. The highest BCUT2D eigenvalue weighted by Gasteiger charge is 2.33. The van der Waals surface area contributed by atoms with Crippen LogP contribution in [0.1, 0.15) is 36.1 Å². The molecule has 0 spiro atoms. The van der Waals surface area contributed by atoms with E-state index in [1.807, 2.05) is 32.1 Å². The number of hydrogen-bond donors (Lipinski definition) is 0. The van der Waals surface area contributed by atoms with Crippen LogP contribution in [0.3, 0.4) is 0 Å². The molecule has 36 heavy (non-hydrogen) atoms. The monoisotopic (exact) mass is 511 g/mol. The number of fused-ring (bicyclic) bond motifs is 2. The minimum atomic E-state index is -3.34. The number of allylic oxidation sites excluding steroid dienone is 1. The van der Waals surface area contributed by atoms with Crippen molar-refractivity contribution in [2.45, 2.75) is 32.4 Å². The van der Waals surface area contributed by atoms with Crippen molar-refractivity contribution in [1.29, 1.82) is 0 Å². The number of nitrogens with zero attached hydrogens (tertiary/aromatic N) is 3. The number of aromatic nitrogens is 2. The number of sulfone groups is 1. The largest absolute Gasteiger partial charge is 0.319 e. The van der Waals surface area contributed by atoms with Gasteiger partial charge in [-0.3, -0.25) is 4.79 Å². The lowest BCUT2D eigenvalue weighted by Gasteiger charge is -2.27. The molecule has 3 heterocycles. The molecule has 9 heteroatoms. The molecule has 0 amide bonds. The van der Waals surface area contributed by atoms with Gasteiger partial charge in [0, 0.05) is 42.3 Å². The Hall–Kier alpha value is -3.33. The molecule has 0 unspecified atom stereocenters. The standard InChI is InChI=1S/C27H27F2N3O3S/c1-15(2)7-17-9-24-21(8-18(17)14-36(4,34)35)22-13-31(3)27(33)20-6-5-16(25(20)22)12-32(24)26-23(29)10-19(28)11-30-26/h5,8-11,13,15H,6-7,12,14H2,1-4H3. The van der Waals surface area contributed by atoms with Crippen molar-refractivity contribution in [3.63, 3.8) is 0 Å². The summed E-state index contributed by atoms with van der Waals surface area (Å²) < 4.78 is 55.0. The average molecular weight is 512 g/mol. The first kappa shape index (κ1) is 24.4. The Morgan fingerprint density at radius 1 is 1.11 bits per heavy atom. The summed E-state index contributed by atoms with van der Waals surface area (Å²) in [7, 11) is -1.66. The smallest absolute Gasteiger partial charge is 0.254 e. The summed E-state index contributed by atoms with van der Waals surface area (Å²) in [5.74, 6) is -1.49. The molecule has 0 saturated carbocycles. The molecule has 1 aliphatic carbocycles. The molecular formula is C27H27F2N3O3S. The van der Waals surface area contributed by atoms with E-state index in [1.165, 1.54) is 10.8 Å². The Kier molecular flexibility index (Phi) is 5.86. The van der Waals surface area contributed by atoms with Crippen LogP contribution >= 0.6 is 0 Å². The van der Waals surface area contributed by atoms with Gasteiger partial charge in [-0.25, -0.2) is 22.2 Å². The zero-order valence-electron chi connectivity index (χ0n) is 20.6. The van der Waals surface area contributed by atoms with Crippen molar-refractivity contribution >= 4 is 26.9 Å². The van der Waals surface area contributed by atoms with Gasteiger partial charge in [0.05, 0.1) is 24.2 Å². The fraction of sp³-hybridized carbons (Fsp3) is 0.333. The van der Waals surface area contributed by atoms with Crippen molar-refractivity contribution in [3.8, 4) is 11.1 Å². The van der Waals surface area contributed by atoms with Crippen LogP contribution in [0.5, 0.6) is 0 Å². The van der Waals surface area contributed by atoms with E-state index in [-0.39, 0.29) is 29.6 Å². The van der Waals surface area contributed by atoms with Crippen LogP contribution < -0.4 is 10.5 Å². The second-order valence-corrected chi connectivity index (χ2v) is 12.2. The molecule has 1 aliphatic heterocycles. The second kappa shape index (κ2) is 8.65. The zero-order valence-corrected chi connectivity index (χ0v) is 21.4. The van der Waals surface area contributed by atoms with Gasteiger partial charge in [-0.1, -0.05) is 19.9 Å². The Balaban J connectivity index is 1.86. The molecule has 0 N–H and O–H groups in total. The third-order valence-corrected chi connectivity index (χ3v) is 7.50. The molecule has 3 aromatic rings. The van der Waals surface area contributed by atoms with Gasteiger partial charge >= 0.3 is 0 Å². The molecule has 0 bridgehead atoms. The number of benzene rings is 1. The SMILES string of the molecule is CC(C)Cc1cc2c(cc1CS(C)(=O)=O)-c1cn(C)c(=O)c3c1C(=CC3)CN2c1ncc(F)cc1F. The molecule has 188 valence electrons. The number of pyridine rings is 2. The van der Waals surface area contributed by atoms with E-state index in [0.29, 0.717) is 35.2 Å². The molecule has 0 atom stereocenters. The maximum atomic E-state index is 15.1. The summed E-state index contributed by atoms with van der Waals surface area (Å²) >= 11 is 0. The quantitative estimate of drug-likeness (QED) is 0.502. The maximum Gasteiger partial charge on any atom is 0.254 e. The third-order valence-electron chi connectivity index (χ3n) is 6.66. The predicted molar refractivity (Wildman–Crippen MR) is 137 cm³/mol. The lowest BCUT2D eigenvalue weighted by atomic mass is 9.91. The third kappa shape index (κ3) is 4.25. The maximum absolute atomic E-state index is 15.1. The fourth-order valence-electron chi connectivity index (χ4n) is 5.24. The van der Waals surface area contributed by atoms with Crippen LogP contribution in [0.2, 0.25) is 0 Å². The molecule has 5 rings (SSSR count). The summed E-state index contributed by atoms with van der Waals surface area (Å²) in [6, 6.07) is 4.56. The Morgan fingerprint density at radius 3 is 2.53 bits per heavy atom. The molecule has 0 fully saturated rings.